The van der Waals surface area contributed by atoms with Crippen LogP contribution >= 0.6 is 0 Å². The monoisotopic (exact) mass is 272 g/mol. The molecule has 2 heterocycles. The molecule has 0 spiro atoms. The maximum atomic E-state index is 3.55. The lowest BCUT2D eigenvalue weighted by Crippen LogP contribution is -1.99. The zero-order valence-corrected chi connectivity index (χ0v) is 12.0. The smallest absolute Gasteiger partial charge is 0.0587 e. The lowest BCUT2D eigenvalue weighted by atomic mass is 10.0. The number of hydrogen-bond acceptors (Lipinski definition) is 0. The average Bonchev–Trinajstić information content (AvgIpc) is 3.04. The van der Waals surface area contributed by atoms with Crippen molar-refractivity contribution in [3.05, 3.63) is 53.7 Å². The number of nitrogens with one attached hydrogen (secondary N) is 1. The van der Waals surface area contributed by atoms with Gasteiger partial charge in [-0.15, -0.1) is 0 Å². The number of benzene rings is 2. The van der Waals surface area contributed by atoms with Gasteiger partial charge in [-0.25, -0.2) is 0 Å². The largest absolute Gasteiger partial charge is 0.354 e. The molecule has 0 saturated heterocycles. The summed E-state index contributed by atoms with van der Waals surface area (Å²) in [6.07, 6.45) is 6.87. The number of aromatic nitrogens is 2. The summed E-state index contributed by atoms with van der Waals surface area (Å²) in [4.78, 5) is 3.55. The van der Waals surface area contributed by atoms with Crippen LogP contribution in [0.5, 0.6) is 0 Å². The van der Waals surface area contributed by atoms with Crippen molar-refractivity contribution >= 4 is 38.8 Å². The minimum atomic E-state index is 1.14. The minimum Gasteiger partial charge on any atom is -0.354 e. The van der Waals surface area contributed by atoms with E-state index in [-0.39, 0.29) is 0 Å². The Morgan fingerprint density at radius 1 is 1.00 bits per heavy atom. The molecule has 0 radical (unpaired) electrons. The first kappa shape index (κ1) is 11.2. The molecule has 1 aliphatic carbocycles. The van der Waals surface area contributed by atoms with E-state index in [1.54, 1.807) is 0 Å². The molecule has 0 atom stereocenters. The van der Waals surface area contributed by atoms with Gasteiger partial charge in [0.15, 0.2) is 0 Å². The molecule has 4 aromatic rings. The van der Waals surface area contributed by atoms with Crippen molar-refractivity contribution < 1.29 is 0 Å². The number of hydrogen-bond donors (Lipinski definition) is 1. The van der Waals surface area contributed by atoms with Gasteiger partial charge >= 0.3 is 0 Å². The van der Waals surface area contributed by atoms with Gasteiger partial charge < -0.3 is 9.55 Å². The first-order valence-electron chi connectivity index (χ1n) is 7.52. The highest BCUT2D eigenvalue weighted by molar-refractivity contribution is 6.20. The Morgan fingerprint density at radius 2 is 1.90 bits per heavy atom. The molecule has 0 unspecified atom stereocenters. The van der Waals surface area contributed by atoms with E-state index in [9.17, 15) is 0 Å². The summed E-state index contributed by atoms with van der Waals surface area (Å²) in [5.74, 6) is 0. The van der Waals surface area contributed by atoms with E-state index in [4.69, 9.17) is 0 Å². The second-order valence-electron chi connectivity index (χ2n) is 5.92. The molecule has 0 fully saturated rings. The van der Waals surface area contributed by atoms with Crippen LogP contribution in [0.1, 0.15) is 17.7 Å². The first-order chi connectivity index (χ1) is 10.3. The van der Waals surface area contributed by atoms with E-state index in [1.807, 2.05) is 0 Å². The van der Waals surface area contributed by atoms with Gasteiger partial charge in [-0.1, -0.05) is 36.4 Å². The molecule has 1 N–H and O–H groups in total. The summed E-state index contributed by atoms with van der Waals surface area (Å²) < 4.78 is 2.40. The number of aromatic amines is 1. The van der Waals surface area contributed by atoms with Crippen molar-refractivity contribution in [3.63, 3.8) is 0 Å². The molecular weight excluding hydrogens is 256 g/mol. The fourth-order valence-corrected chi connectivity index (χ4v) is 3.87. The minimum absolute atomic E-state index is 1.14. The third-order valence-electron chi connectivity index (χ3n) is 4.82. The lowest BCUT2D eigenvalue weighted by molar-refractivity contribution is 0.826. The van der Waals surface area contributed by atoms with Crippen molar-refractivity contribution in [1.29, 1.82) is 0 Å². The predicted octanol–water partition coefficient (Wildman–Crippen LogP) is 4.77. The van der Waals surface area contributed by atoms with Crippen molar-refractivity contribution in [3.8, 4) is 0 Å². The van der Waals surface area contributed by atoms with Gasteiger partial charge in [-0.3, -0.25) is 0 Å². The van der Waals surface area contributed by atoms with Gasteiger partial charge in [-0.2, -0.15) is 0 Å². The van der Waals surface area contributed by atoms with E-state index in [1.165, 1.54) is 44.0 Å². The molecule has 2 aromatic carbocycles. The molecule has 2 nitrogen and oxygen atoms in total. The van der Waals surface area contributed by atoms with E-state index in [0.717, 1.165) is 12.8 Å². The lowest BCUT2D eigenvalue weighted by Gasteiger charge is -2.07. The van der Waals surface area contributed by atoms with Crippen molar-refractivity contribution in [1.82, 2.24) is 9.55 Å². The number of para-hydroxylation sites is 1. The molecule has 2 aromatic heterocycles. The highest BCUT2D eigenvalue weighted by atomic mass is 15.0. The second kappa shape index (κ2) is 3.79. The highest BCUT2D eigenvalue weighted by Crippen LogP contribution is 2.37. The molecule has 0 amide bonds. The molecule has 102 valence electrons. The average molecular weight is 272 g/mol. The molecular formula is C19H16N2. The van der Waals surface area contributed by atoms with E-state index < -0.39 is 0 Å². The van der Waals surface area contributed by atoms with Gasteiger partial charge in [0.2, 0.25) is 0 Å². The SMILES string of the molecule is Cn1c2c(c3ccc4[nH]c5ccccc5c4c31)C=CCC2. The van der Waals surface area contributed by atoms with E-state index in [0.29, 0.717) is 0 Å². The van der Waals surface area contributed by atoms with Crippen LogP contribution in [0.15, 0.2) is 42.5 Å². The Labute approximate surface area is 122 Å². The van der Waals surface area contributed by atoms with Crippen molar-refractivity contribution in [2.75, 3.05) is 0 Å². The van der Waals surface area contributed by atoms with E-state index >= 15 is 0 Å². The Bertz CT molecular complexity index is 1040. The van der Waals surface area contributed by atoms with Crippen LogP contribution in [0.4, 0.5) is 0 Å². The summed E-state index contributed by atoms with van der Waals surface area (Å²) >= 11 is 0. The summed E-state index contributed by atoms with van der Waals surface area (Å²) in [5, 5.41) is 4.05. The van der Waals surface area contributed by atoms with Crippen LogP contribution in [-0.2, 0) is 13.5 Å². The number of allylic oxidation sites excluding steroid dienone is 1. The van der Waals surface area contributed by atoms with Crippen LogP contribution in [0.2, 0.25) is 0 Å². The topological polar surface area (TPSA) is 20.7 Å². The van der Waals surface area contributed by atoms with Crippen LogP contribution in [-0.4, -0.2) is 9.55 Å². The van der Waals surface area contributed by atoms with Gasteiger partial charge in [-0.05, 0) is 25.0 Å². The molecule has 0 bridgehead atoms. The normalized spacial score (nSPS) is 14.3. The number of fused-ring (bicyclic) bond motifs is 7. The zero-order valence-electron chi connectivity index (χ0n) is 12.0. The maximum Gasteiger partial charge on any atom is 0.0587 e. The van der Waals surface area contributed by atoms with Crippen molar-refractivity contribution in [2.24, 2.45) is 7.05 Å². The fraction of sp³-hybridized carbons (Fsp3) is 0.158. The first-order valence-corrected chi connectivity index (χ1v) is 7.52. The number of rotatable bonds is 0. The van der Waals surface area contributed by atoms with Crippen LogP contribution in [0.3, 0.4) is 0 Å². The number of nitrogens with zero attached hydrogens (tertiary/aromatic N) is 1. The Morgan fingerprint density at radius 3 is 2.86 bits per heavy atom. The summed E-state index contributed by atoms with van der Waals surface area (Å²) in [7, 11) is 2.21. The third-order valence-corrected chi connectivity index (χ3v) is 4.82. The highest BCUT2D eigenvalue weighted by Gasteiger charge is 2.18. The second-order valence-corrected chi connectivity index (χ2v) is 5.92. The fourth-order valence-electron chi connectivity index (χ4n) is 3.87. The molecule has 5 rings (SSSR count). The summed E-state index contributed by atoms with van der Waals surface area (Å²) in [5.41, 5.74) is 6.68. The summed E-state index contributed by atoms with van der Waals surface area (Å²) in [6.45, 7) is 0. The van der Waals surface area contributed by atoms with Gasteiger partial charge in [0.05, 0.1) is 5.52 Å². The molecule has 1 aliphatic rings. The van der Waals surface area contributed by atoms with Gasteiger partial charge in [0, 0.05) is 45.5 Å². The number of H-pyrrole nitrogens is 1. The Kier molecular flexibility index (Phi) is 2.02. The molecule has 0 aliphatic heterocycles. The van der Waals surface area contributed by atoms with E-state index in [2.05, 4.69) is 65.1 Å². The third kappa shape index (κ3) is 1.32. The summed E-state index contributed by atoms with van der Waals surface area (Å²) in [6, 6.07) is 13.1. The van der Waals surface area contributed by atoms with Crippen LogP contribution in [0.25, 0.3) is 38.8 Å². The Balaban J connectivity index is 2.09. The van der Waals surface area contributed by atoms with Gasteiger partial charge in [0.25, 0.3) is 0 Å². The molecule has 0 saturated carbocycles. The quantitative estimate of drug-likeness (QED) is 0.476. The zero-order chi connectivity index (χ0) is 14.0. The predicted molar refractivity (Wildman–Crippen MR) is 89.6 cm³/mol. The Hall–Kier alpha value is -2.48. The van der Waals surface area contributed by atoms with Crippen LogP contribution in [0, 0.1) is 0 Å². The van der Waals surface area contributed by atoms with Gasteiger partial charge in [0.1, 0.15) is 0 Å². The molecule has 2 heteroatoms. The maximum absolute atomic E-state index is 3.55. The standard InChI is InChI=1S/C19H16N2/c1-21-17-9-5-3-6-12(17)13-10-11-16-18(19(13)21)14-7-2-4-8-15(14)20-16/h2-4,6-8,10-11,20H,5,9H2,1H3. The number of aryl methyl sites for hydroxylation is 1. The molecule has 21 heavy (non-hydrogen) atoms. The van der Waals surface area contributed by atoms with Crippen molar-refractivity contribution in [2.45, 2.75) is 12.8 Å². The van der Waals surface area contributed by atoms with Crippen LogP contribution < -0.4 is 0 Å².